The standard InChI is InChI=1S/C16H30N2S/c1-6-16(5,18(8-3)9-4)15(17-7-2)12-14-10-11-19-13-14/h10-11,13,15,17H,6-9,12H2,1-5H3. The number of hydrogen-bond acceptors (Lipinski definition) is 3. The van der Waals surface area contributed by atoms with Gasteiger partial charge in [-0.2, -0.15) is 11.3 Å². The summed E-state index contributed by atoms with van der Waals surface area (Å²) in [5.74, 6) is 0. The fraction of sp³-hybridized carbons (Fsp3) is 0.750. The lowest BCUT2D eigenvalue weighted by Gasteiger charge is -2.46. The summed E-state index contributed by atoms with van der Waals surface area (Å²) in [6.45, 7) is 14.7. The molecule has 1 aromatic rings. The van der Waals surface area contributed by atoms with Gasteiger partial charge < -0.3 is 5.32 Å². The molecule has 0 aromatic carbocycles. The molecule has 19 heavy (non-hydrogen) atoms. The van der Waals surface area contributed by atoms with Gasteiger partial charge in [0.15, 0.2) is 0 Å². The fourth-order valence-electron chi connectivity index (χ4n) is 3.04. The zero-order valence-corrected chi connectivity index (χ0v) is 14.0. The molecule has 0 aliphatic carbocycles. The highest BCUT2D eigenvalue weighted by atomic mass is 32.1. The van der Waals surface area contributed by atoms with Crippen LogP contribution in [0.25, 0.3) is 0 Å². The van der Waals surface area contributed by atoms with Gasteiger partial charge in [0.2, 0.25) is 0 Å². The van der Waals surface area contributed by atoms with Crippen molar-refractivity contribution < 1.29 is 0 Å². The molecule has 0 aliphatic rings. The Labute approximate surface area is 123 Å². The Morgan fingerprint density at radius 2 is 1.95 bits per heavy atom. The predicted molar refractivity (Wildman–Crippen MR) is 87.1 cm³/mol. The van der Waals surface area contributed by atoms with Crippen LogP contribution >= 0.6 is 11.3 Å². The van der Waals surface area contributed by atoms with Crippen molar-refractivity contribution in [3.8, 4) is 0 Å². The zero-order chi connectivity index (χ0) is 14.3. The lowest BCUT2D eigenvalue weighted by atomic mass is 9.83. The second kappa shape index (κ2) is 8.03. The van der Waals surface area contributed by atoms with Crippen LogP contribution in [0.1, 0.15) is 46.6 Å². The molecule has 2 atom stereocenters. The molecule has 110 valence electrons. The van der Waals surface area contributed by atoms with Crippen LogP contribution in [0.15, 0.2) is 16.8 Å². The van der Waals surface area contributed by atoms with Gasteiger partial charge in [-0.3, -0.25) is 4.90 Å². The molecule has 2 unspecified atom stereocenters. The highest BCUT2D eigenvalue weighted by Gasteiger charge is 2.36. The molecule has 0 aliphatic heterocycles. The minimum atomic E-state index is 0.224. The number of rotatable bonds is 9. The molecule has 0 spiro atoms. The summed E-state index contributed by atoms with van der Waals surface area (Å²) >= 11 is 1.80. The number of hydrogen-bond donors (Lipinski definition) is 1. The molecule has 2 nitrogen and oxygen atoms in total. The van der Waals surface area contributed by atoms with E-state index in [2.05, 4.69) is 61.7 Å². The third kappa shape index (κ3) is 4.04. The van der Waals surface area contributed by atoms with Crippen LogP contribution in [-0.2, 0) is 6.42 Å². The maximum Gasteiger partial charge on any atom is 0.0334 e. The first kappa shape index (κ1) is 16.7. The van der Waals surface area contributed by atoms with Crippen molar-refractivity contribution in [3.05, 3.63) is 22.4 Å². The van der Waals surface area contributed by atoms with E-state index in [4.69, 9.17) is 0 Å². The first-order valence-corrected chi connectivity index (χ1v) is 8.56. The van der Waals surface area contributed by atoms with Gasteiger partial charge in [-0.15, -0.1) is 0 Å². The van der Waals surface area contributed by atoms with Gasteiger partial charge in [-0.1, -0.05) is 27.7 Å². The summed E-state index contributed by atoms with van der Waals surface area (Å²) in [6.07, 6.45) is 2.30. The van der Waals surface area contributed by atoms with Gasteiger partial charge in [-0.25, -0.2) is 0 Å². The second-order valence-corrected chi connectivity index (χ2v) is 6.11. The van der Waals surface area contributed by atoms with Gasteiger partial charge in [0, 0.05) is 11.6 Å². The van der Waals surface area contributed by atoms with Crippen LogP contribution in [-0.4, -0.2) is 36.1 Å². The monoisotopic (exact) mass is 282 g/mol. The number of nitrogens with one attached hydrogen (secondary N) is 1. The van der Waals surface area contributed by atoms with E-state index in [0.717, 1.165) is 26.1 Å². The quantitative estimate of drug-likeness (QED) is 0.741. The van der Waals surface area contributed by atoms with Crippen molar-refractivity contribution in [2.75, 3.05) is 19.6 Å². The summed E-state index contributed by atoms with van der Waals surface area (Å²) in [4.78, 5) is 2.60. The molecule has 0 amide bonds. The Kier molecular flexibility index (Phi) is 7.05. The second-order valence-electron chi connectivity index (χ2n) is 5.33. The van der Waals surface area contributed by atoms with E-state index in [1.165, 1.54) is 12.0 Å². The summed E-state index contributed by atoms with van der Waals surface area (Å²) in [5.41, 5.74) is 1.68. The Morgan fingerprint density at radius 3 is 2.37 bits per heavy atom. The van der Waals surface area contributed by atoms with E-state index in [1.54, 1.807) is 11.3 Å². The van der Waals surface area contributed by atoms with Crippen molar-refractivity contribution in [2.45, 2.75) is 59.0 Å². The van der Waals surface area contributed by atoms with Crippen molar-refractivity contribution in [1.82, 2.24) is 10.2 Å². The molecule has 1 aromatic heterocycles. The lowest BCUT2D eigenvalue weighted by molar-refractivity contribution is 0.0707. The van der Waals surface area contributed by atoms with Crippen molar-refractivity contribution in [3.63, 3.8) is 0 Å². The summed E-state index contributed by atoms with van der Waals surface area (Å²) in [6, 6.07) is 2.77. The van der Waals surface area contributed by atoms with Gasteiger partial charge in [0.05, 0.1) is 0 Å². The number of thiophene rings is 1. The Bertz CT molecular complexity index is 333. The van der Waals surface area contributed by atoms with Gasteiger partial charge in [-0.05, 0) is 61.8 Å². The molecule has 0 bridgehead atoms. The van der Waals surface area contributed by atoms with Crippen LogP contribution in [0, 0.1) is 0 Å². The highest BCUT2D eigenvalue weighted by molar-refractivity contribution is 7.07. The van der Waals surface area contributed by atoms with E-state index in [9.17, 15) is 0 Å². The SMILES string of the molecule is CCNC(Cc1ccsc1)C(C)(CC)N(CC)CC. The van der Waals surface area contributed by atoms with Crippen molar-refractivity contribution in [1.29, 1.82) is 0 Å². The maximum atomic E-state index is 3.72. The van der Waals surface area contributed by atoms with Crippen molar-refractivity contribution in [2.24, 2.45) is 0 Å². The smallest absolute Gasteiger partial charge is 0.0334 e. The molecule has 0 saturated carbocycles. The van der Waals surface area contributed by atoms with Crippen LogP contribution in [0.5, 0.6) is 0 Å². The summed E-state index contributed by atoms with van der Waals surface area (Å²) in [7, 11) is 0. The molecule has 0 fully saturated rings. The maximum absolute atomic E-state index is 3.72. The minimum Gasteiger partial charge on any atom is -0.312 e. The first-order chi connectivity index (χ1) is 9.12. The summed E-state index contributed by atoms with van der Waals surface area (Å²) in [5, 5.41) is 8.18. The average Bonchev–Trinajstić information content (AvgIpc) is 2.92. The minimum absolute atomic E-state index is 0.224. The van der Waals surface area contributed by atoms with Crippen LogP contribution in [0.3, 0.4) is 0 Å². The van der Waals surface area contributed by atoms with E-state index >= 15 is 0 Å². The normalized spacial score (nSPS) is 16.5. The predicted octanol–water partition coefficient (Wildman–Crippen LogP) is 3.78. The average molecular weight is 282 g/mol. The number of nitrogens with zero attached hydrogens (tertiary/aromatic N) is 1. The summed E-state index contributed by atoms with van der Waals surface area (Å²) < 4.78 is 0. The topological polar surface area (TPSA) is 15.3 Å². The first-order valence-electron chi connectivity index (χ1n) is 7.61. The molecule has 0 saturated heterocycles. The van der Waals surface area contributed by atoms with E-state index < -0.39 is 0 Å². The Hall–Kier alpha value is -0.380. The Morgan fingerprint density at radius 1 is 1.26 bits per heavy atom. The molecule has 0 radical (unpaired) electrons. The van der Waals surface area contributed by atoms with Crippen LogP contribution in [0.4, 0.5) is 0 Å². The van der Waals surface area contributed by atoms with Gasteiger partial charge in [0.25, 0.3) is 0 Å². The molecular weight excluding hydrogens is 252 g/mol. The molecule has 1 rings (SSSR count). The van der Waals surface area contributed by atoms with Crippen molar-refractivity contribution >= 4 is 11.3 Å². The van der Waals surface area contributed by atoms with E-state index in [1.807, 2.05) is 0 Å². The van der Waals surface area contributed by atoms with Crippen LogP contribution in [0.2, 0.25) is 0 Å². The third-order valence-corrected chi connectivity index (χ3v) is 5.15. The van der Waals surface area contributed by atoms with Gasteiger partial charge >= 0.3 is 0 Å². The van der Waals surface area contributed by atoms with E-state index in [-0.39, 0.29) is 5.54 Å². The van der Waals surface area contributed by atoms with Crippen LogP contribution < -0.4 is 5.32 Å². The fourth-order valence-corrected chi connectivity index (χ4v) is 3.72. The number of likely N-dealkylation sites (N-methyl/N-ethyl adjacent to an activating group) is 2. The molecule has 1 heterocycles. The lowest BCUT2D eigenvalue weighted by Crippen LogP contribution is -2.60. The molecule has 1 N–H and O–H groups in total. The Balaban J connectivity index is 2.92. The molecular formula is C16H30N2S. The molecule has 3 heteroatoms. The highest BCUT2D eigenvalue weighted by Crippen LogP contribution is 2.26. The third-order valence-electron chi connectivity index (χ3n) is 4.42. The largest absolute Gasteiger partial charge is 0.312 e. The van der Waals surface area contributed by atoms with Gasteiger partial charge in [0.1, 0.15) is 0 Å². The zero-order valence-electron chi connectivity index (χ0n) is 13.2. The van der Waals surface area contributed by atoms with E-state index in [0.29, 0.717) is 6.04 Å².